The van der Waals surface area contributed by atoms with Gasteiger partial charge in [-0.25, -0.2) is 0 Å². The van der Waals surface area contributed by atoms with E-state index in [1.165, 1.54) is 146 Å². The Kier molecular flexibility index (Phi) is 38.9. The molecule has 0 radical (unpaired) electrons. The maximum absolute atomic E-state index is 15.6. The Morgan fingerprint density at radius 3 is 1.01 bits per heavy atom. The van der Waals surface area contributed by atoms with E-state index in [1.54, 1.807) is 84.9 Å². The summed E-state index contributed by atoms with van der Waals surface area (Å²) < 4.78 is 22.0. The minimum atomic E-state index is -1.91. The molecule has 0 unspecified atom stereocenters. The van der Waals surface area contributed by atoms with Crippen LogP contribution in [0.1, 0.15) is 70.2 Å². The number of phenols is 6. The zero-order chi connectivity index (χ0) is 93.4. The Hall–Kier alpha value is -14.8. The van der Waals surface area contributed by atoms with Crippen molar-refractivity contribution in [3.63, 3.8) is 0 Å². The molecule has 9 aromatic carbocycles. The van der Waals surface area contributed by atoms with Crippen LogP contribution in [0, 0.1) is 24.2 Å². The van der Waals surface area contributed by atoms with Gasteiger partial charge in [0.25, 0.3) is 0 Å². The summed E-state index contributed by atoms with van der Waals surface area (Å²) in [6.45, 7) is 0.215. The largest absolute Gasteiger partial charge is 0.508 e. The van der Waals surface area contributed by atoms with Crippen molar-refractivity contribution in [2.24, 2.45) is 17.6 Å². The Bertz CT molecular complexity index is 5290. The second-order valence-electron chi connectivity index (χ2n) is 30.6. The van der Waals surface area contributed by atoms with Gasteiger partial charge in [0.15, 0.2) is 11.6 Å². The van der Waals surface area contributed by atoms with Crippen molar-refractivity contribution in [3.8, 4) is 58.3 Å². The highest BCUT2D eigenvalue weighted by molar-refractivity contribution is 7.94. The number of carboxylic acids is 2. The maximum Gasteiger partial charge on any atom is 0.305 e. The van der Waals surface area contributed by atoms with Crippen LogP contribution in [0.4, 0.5) is 0 Å². The van der Waals surface area contributed by atoms with Gasteiger partial charge in [-0.2, -0.15) is 0 Å². The average Bonchev–Trinajstić information content (AvgIpc) is 0.832. The van der Waals surface area contributed by atoms with Crippen molar-refractivity contribution in [3.05, 3.63) is 275 Å². The van der Waals surface area contributed by atoms with E-state index < -0.39 is 169 Å². The number of aliphatic carboxylic acids is 2. The number of Topliss-reactive ketones (excluding diaryl/α,β-unsaturated/α-hetero) is 2. The fraction of sp³-hybridized carbons (Fsp3) is 0.292. The van der Waals surface area contributed by atoms with Crippen LogP contribution in [-0.4, -0.2) is 199 Å². The summed E-state index contributed by atoms with van der Waals surface area (Å²) in [5.41, 5.74) is 9.81. The highest BCUT2D eigenvalue weighted by Gasteiger charge is 2.38. The quantitative estimate of drug-likeness (QED) is 0.00922. The standard InChI is InChI=1S/C96H103N9O24S/c1-2-42-127-75-37-39-76(40-38-75)128-44-45-129-130-58-126-43-41-98-89(118)68(56-87(114)115)55-86(113)79(57-88(116)117)99-90(119)67(46-59-9-5-3-6-10-59)54-85(112)78(48-61-13-25-69(106)26-14-61)100-92(121)81(50-63-17-29-71(108)30-18-63)102-94(123)83(52-65-21-33-73(110)34-22-65)104-96(125)84(53-66-23-35-74(111)36-24-66)105-95(124)82(51-64-19-31-72(109)32-20-64)103-93(122)80(49-62-15-27-70(107)28-16-62)101-91(120)77(97)47-60-11-7-4-8-12-60/h1,3-40,67-68,77-84,106-111H,41-58,97H2,(H,98,118)(H,99,119)(H,100,121)(H,101,120)(H,102,123)(H,103,122)(H,104,125)(H,105,124)(H,114,115)(H,116,117)/t67-,68+,77+,78+,79+,80+,81+,82+,83+,84+/m0/s1. The summed E-state index contributed by atoms with van der Waals surface area (Å²) in [5.74, 6) is -13.2. The number of ketones is 2. The number of amides is 8. The average molecular weight is 1800 g/mol. The smallest absolute Gasteiger partial charge is 0.305 e. The van der Waals surface area contributed by atoms with Gasteiger partial charge >= 0.3 is 11.9 Å². The fourth-order valence-electron chi connectivity index (χ4n) is 13.7. The summed E-state index contributed by atoms with van der Waals surface area (Å²) in [6, 6.07) is 44.5. The van der Waals surface area contributed by atoms with Gasteiger partial charge in [-0.05, 0) is 161 Å². The molecule has 8 amide bonds. The summed E-state index contributed by atoms with van der Waals surface area (Å²) in [5, 5.41) is 104. The van der Waals surface area contributed by atoms with Crippen molar-refractivity contribution in [2.75, 3.05) is 38.9 Å². The van der Waals surface area contributed by atoms with Crippen LogP contribution in [0.3, 0.4) is 0 Å². The lowest BCUT2D eigenvalue weighted by Crippen LogP contribution is -2.61. The zero-order valence-corrected chi connectivity index (χ0v) is 71.4. The third-order valence-corrected chi connectivity index (χ3v) is 21.2. The van der Waals surface area contributed by atoms with Crippen molar-refractivity contribution in [1.29, 1.82) is 0 Å². The van der Waals surface area contributed by atoms with Crippen LogP contribution in [0.25, 0.3) is 0 Å². The third kappa shape index (κ3) is 34.2. The normalized spacial score (nSPS) is 13.3. The number of phenolic OH excluding ortho intramolecular Hbond substituents is 6. The first-order chi connectivity index (χ1) is 62.5. The van der Waals surface area contributed by atoms with Crippen molar-refractivity contribution >= 4 is 82.8 Å². The van der Waals surface area contributed by atoms with E-state index in [0.717, 1.165) is 17.6 Å². The summed E-state index contributed by atoms with van der Waals surface area (Å²) >= 11 is 0.948. The fourth-order valence-corrected chi connectivity index (χ4v) is 14.2. The van der Waals surface area contributed by atoms with Gasteiger partial charge < -0.3 is 108 Å². The number of terminal acetylenes is 1. The number of carbonyl (C=O) groups is 12. The number of carboxylic acid groups (broad SMARTS) is 2. The van der Waals surface area contributed by atoms with Crippen LogP contribution >= 0.6 is 12.0 Å². The molecular weight excluding hydrogens is 1700 g/mol. The SMILES string of the molecule is C#CCOc1ccc(OCCOSCOCCNC(=O)[C@@H](CC(=O)O)CC(=O)[C@@H](CC(=O)O)NC(=O)[C@H](CC(=O)[C@@H](Cc2ccc(O)cc2)NC(=O)[C@@H](Cc2ccc(O)cc2)NC(=O)[C@@H](Cc2ccc(O)cc2)NC(=O)[C@@H](Cc2ccc(O)cc2)NC(=O)[C@@H](Cc2ccc(O)cc2)NC(=O)[C@@H](Cc2ccc(O)cc2)NC(=O)[C@H](N)Cc2ccccc2)Cc2ccccc2)cc1. The summed E-state index contributed by atoms with van der Waals surface area (Å²) in [4.78, 5) is 174. The van der Waals surface area contributed by atoms with Crippen molar-refractivity contribution < 1.29 is 117 Å². The lowest BCUT2D eigenvalue weighted by molar-refractivity contribution is -0.144. The van der Waals surface area contributed by atoms with Crippen LogP contribution in [0.2, 0.25) is 0 Å². The molecule has 0 aliphatic heterocycles. The first-order valence-corrected chi connectivity index (χ1v) is 42.4. The maximum atomic E-state index is 15.6. The number of nitrogens with two attached hydrogens (primary N) is 1. The second-order valence-corrected chi connectivity index (χ2v) is 31.3. The molecule has 33 nitrogen and oxygen atoms in total. The third-order valence-electron chi connectivity index (χ3n) is 20.6. The molecule has 0 bridgehead atoms. The molecular formula is C96H103N9O24S. The number of ether oxygens (including phenoxy) is 3. The molecule has 34 heteroatoms. The van der Waals surface area contributed by atoms with Crippen molar-refractivity contribution in [1.82, 2.24) is 42.5 Å². The molecule has 0 spiro atoms. The Morgan fingerprint density at radius 2 is 0.638 bits per heavy atom. The predicted octanol–water partition coefficient (Wildman–Crippen LogP) is 5.83. The van der Waals surface area contributed by atoms with Crippen LogP contribution in [-0.2, 0) is 118 Å². The number of aromatic hydroxyl groups is 6. The van der Waals surface area contributed by atoms with E-state index in [9.17, 15) is 74.4 Å². The summed E-state index contributed by atoms with van der Waals surface area (Å²) in [6.07, 6.45) is -0.540. The molecule has 18 N–H and O–H groups in total. The molecule has 0 saturated carbocycles. The molecule has 130 heavy (non-hydrogen) atoms. The lowest BCUT2D eigenvalue weighted by atomic mass is 9.88. The number of nitrogens with one attached hydrogen (secondary N) is 8. The van der Waals surface area contributed by atoms with Gasteiger partial charge in [0, 0.05) is 69.5 Å². The van der Waals surface area contributed by atoms with Gasteiger partial charge in [0.05, 0.1) is 50.1 Å². The first-order valence-electron chi connectivity index (χ1n) is 41.5. The molecule has 9 aromatic rings. The van der Waals surface area contributed by atoms with E-state index in [0.29, 0.717) is 50.4 Å². The van der Waals surface area contributed by atoms with E-state index in [-0.39, 0.29) is 112 Å². The number of hydrogen-bond acceptors (Lipinski definition) is 24. The molecule has 10 atom stereocenters. The lowest BCUT2D eigenvalue weighted by Gasteiger charge is -2.28. The Balaban J connectivity index is 0.955. The zero-order valence-electron chi connectivity index (χ0n) is 70.6. The number of benzene rings is 9. The second kappa shape index (κ2) is 51.1. The van der Waals surface area contributed by atoms with Crippen LogP contribution in [0.5, 0.6) is 46.0 Å². The molecule has 0 aliphatic rings. The monoisotopic (exact) mass is 1800 g/mol. The minimum Gasteiger partial charge on any atom is -0.508 e. The highest BCUT2D eigenvalue weighted by Crippen LogP contribution is 2.25. The molecule has 0 fully saturated rings. The number of carbonyl (C=O) groups excluding carboxylic acids is 10. The molecule has 9 rings (SSSR count). The van der Waals surface area contributed by atoms with Gasteiger partial charge in [-0.15, -0.1) is 6.42 Å². The Labute approximate surface area is 753 Å². The predicted molar refractivity (Wildman–Crippen MR) is 477 cm³/mol. The number of hydrogen-bond donors (Lipinski definition) is 17. The van der Waals surface area contributed by atoms with E-state index in [1.807, 2.05) is 0 Å². The minimum absolute atomic E-state index is 0.00306. The summed E-state index contributed by atoms with van der Waals surface area (Å²) in [7, 11) is 0. The van der Waals surface area contributed by atoms with Gasteiger partial charge in [0.1, 0.15) is 95.4 Å². The highest BCUT2D eigenvalue weighted by atomic mass is 32.2. The first kappa shape index (κ1) is 99.0. The van der Waals surface area contributed by atoms with E-state index >= 15 is 24.0 Å². The van der Waals surface area contributed by atoms with E-state index in [4.69, 9.17) is 30.6 Å². The van der Waals surface area contributed by atoms with Crippen LogP contribution in [0.15, 0.2) is 231 Å². The van der Waals surface area contributed by atoms with E-state index in [2.05, 4.69) is 48.5 Å². The van der Waals surface area contributed by atoms with Crippen LogP contribution < -0.4 is 57.7 Å². The molecule has 0 aliphatic carbocycles. The van der Waals surface area contributed by atoms with Crippen molar-refractivity contribution in [2.45, 2.75) is 125 Å². The van der Waals surface area contributed by atoms with Gasteiger partial charge in [-0.3, -0.25) is 57.5 Å². The molecule has 0 aromatic heterocycles. The van der Waals surface area contributed by atoms with Gasteiger partial charge in [-0.1, -0.05) is 139 Å². The Morgan fingerprint density at radius 1 is 0.323 bits per heavy atom. The van der Waals surface area contributed by atoms with Gasteiger partial charge in [0.2, 0.25) is 47.3 Å². The number of rotatable bonds is 53. The molecule has 0 saturated heterocycles. The topological polar surface area (TPSA) is 526 Å². The molecule has 682 valence electrons. The molecule has 0 heterocycles.